The lowest BCUT2D eigenvalue weighted by Gasteiger charge is -2.26. The maximum Gasteiger partial charge on any atom is 0.337 e. The first-order valence-electron chi connectivity index (χ1n) is 8.96. The first kappa shape index (κ1) is 19.1. The Labute approximate surface area is 159 Å². The van der Waals surface area contributed by atoms with Gasteiger partial charge in [-0.25, -0.2) is 4.79 Å². The van der Waals surface area contributed by atoms with E-state index in [1.165, 1.54) is 7.11 Å². The minimum atomic E-state index is -0.432. The second-order valence-corrected chi connectivity index (χ2v) is 6.56. The highest BCUT2D eigenvalue weighted by molar-refractivity contribution is 6.05. The van der Waals surface area contributed by atoms with Crippen LogP contribution in [0.4, 0.5) is 5.69 Å². The summed E-state index contributed by atoms with van der Waals surface area (Å²) < 4.78 is 10.1. The number of amides is 1. The molecule has 142 valence electrons. The second kappa shape index (κ2) is 8.79. The lowest BCUT2D eigenvalue weighted by molar-refractivity contribution is 0.0342. The normalized spacial score (nSPS) is 14.6. The number of nitrogens with one attached hydrogen (secondary N) is 1. The third-order valence-corrected chi connectivity index (χ3v) is 4.63. The fraction of sp³-hybridized carbons (Fsp3) is 0.333. The zero-order valence-corrected chi connectivity index (χ0v) is 15.7. The van der Waals surface area contributed by atoms with Gasteiger partial charge in [0, 0.05) is 30.9 Å². The summed E-state index contributed by atoms with van der Waals surface area (Å²) in [6, 6.07) is 12.7. The van der Waals surface area contributed by atoms with E-state index in [-0.39, 0.29) is 5.91 Å². The van der Waals surface area contributed by atoms with Crippen molar-refractivity contribution in [1.29, 1.82) is 0 Å². The molecular formula is C21H24N2O4. The molecule has 1 heterocycles. The maximum atomic E-state index is 12.6. The lowest BCUT2D eigenvalue weighted by Crippen LogP contribution is -2.35. The predicted octanol–water partition coefficient (Wildman–Crippen LogP) is 2.87. The Balaban J connectivity index is 1.66. The van der Waals surface area contributed by atoms with Crippen molar-refractivity contribution in [3.63, 3.8) is 0 Å². The van der Waals surface area contributed by atoms with Crippen LogP contribution in [0, 0.1) is 6.92 Å². The Hall–Kier alpha value is -2.70. The van der Waals surface area contributed by atoms with Gasteiger partial charge in [0.05, 0.1) is 25.9 Å². The van der Waals surface area contributed by atoms with Crippen LogP contribution in [0.2, 0.25) is 0 Å². The van der Waals surface area contributed by atoms with Crippen LogP contribution in [0.3, 0.4) is 0 Å². The fourth-order valence-corrected chi connectivity index (χ4v) is 2.97. The average Bonchev–Trinajstić information content (AvgIpc) is 2.70. The van der Waals surface area contributed by atoms with Crippen molar-refractivity contribution in [3.8, 4) is 0 Å². The Bertz CT molecular complexity index is 811. The Morgan fingerprint density at radius 2 is 1.74 bits per heavy atom. The molecule has 0 atom stereocenters. The average molecular weight is 368 g/mol. The van der Waals surface area contributed by atoms with Crippen molar-refractivity contribution in [2.75, 3.05) is 38.7 Å². The summed E-state index contributed by atoms with van der Waals surface area (Å²) >= 11 is 0. The van der Waals surface area contributed by atoms with Crippen LogP contribution in [0.25, 0.3) is 0 Å². The molecule has 0 radical (unpaired) electrons. The van der Waals surface area contributed by atoms with Gasteiger partial charge in [0.15, 0.2) is 0 Å². The summed E-state index contributed by atoms with van der Waals surface area (Å²) in [4.78, 5) is 26.6. The van der Waals surface area contributed by atoms with E-state index in [0.717, 1.165) is 44.0 Å². The first-order chi connectivity index (χ1) is 13.1. The van der Waals surface area contributed by atoms with Gasteiger partial charge in [-0.05, 0) is 42.3 Å². The molecule has 1 aliphatic rings. The van der Waals surface area contributed by atoms with Crippen molar-refractivity contribution in [3.05, 3.63) is 64.7 Å². The van der Waals surface area contributed by atoms with Gasteiger partial charge in [-0.1, -0.05) is 18.2 Å². The number of nitrogens with zero attached hydrogens (tertiary/aromatic N) is 1. The summed E-state index contributed by atoms with van der Waals surface area (Å²) in [5.41, 5.74) is 3.61. The number of morpholine rings is 1. The number of carbonyl (C=O) groups is 2. The van der Waals surface area contributed by atoms with Crippen molar-refractivity contribution in [2.45, 2.75) is 13.5 Å². The molecule has 27 heavy (non-hydrogen) atoms. The molecule has 1 N–H and O–H groups in total. The van der Waals surface area contributed by atoms with Gasteiger partial charge in [0.2, 0.25) is 0 Å². The number of esters is 1. The zero-order chi connectivity index (χ0) is 19.2. The Morgan fingerprint density at radius 1 is 1.07 bits per heavy atom. The minimum absolute atomic E-state index is 0.210. The standard InChI is InChI=1S/C21H24N2O4/c1-15-3-6-18(21(25)26-2)13-19(15)22-20(24)17-7-4-16(5-8-17)14-23-9-11-27-12-10-23/h3-8,13H,9-12,14H2,1-2H3,(H,22,24). The van der Waals surface area contributed by atoms with E-state index in [1.807, 2.05) is 31.2 Å². The quantitative estimate of drug-likeness (QED) is 0.822. The minimum Gasteiger partial charge on any atom is -0.465 e. The van der Waals surface area contributed by atoms with Crippen LogP contribution < -0.4 is 5.32 Å². The van der Waals surface area contributed by atoms with E-state index in [1.54, 1.807) is 18.2 Å². The first-order valence-corrected chi connectivity index (χ1v) is 8.96. The van der Waals surface area contributed by atoms with E-state index in [2.05, 4.69) is 10.2 Å². The molecule has 1 saturated heterocycles. The topological polar surface area (TPSA) is 67.9 Å². The smallest absolute Gasteiger partial charge is 0.337 e. The van der Waals surface area contributed by atoms with E-state index in [4.69, 9.17) is 9.47 Å². The molecule has 1 aliphatic heterocycles. The molecule has 2 aromatic carbocycles. The van der Waals surface area contributed by atoms with E-state index in [0.29, 0.717) is 16.8 Å². The second-order valence-electron chi connectivity index (χ2n) is 6.56. The molecular weight excluding hydrogens is 344 g/mol. The third-order valence-electron chi connectivity index (χ3n) is 4.63. The SMILES string of the molecule is COC(=O)c1ccc(C)c(NC(=O)c2ccc(CN3CCOCC3)cc2)c1. The van der Waals surface area contributed by atoms with Gasteiger partial charge >= 0.3 is 5.97 Å². The third kappa shape index (κ3) is 4.93. The molecule has 0 spiro atoms. The molecule has 0 bridgehead atoms. The van der Waals surface area contributed by atoms with Gasteiger partial charge < -0.3 is 14.8 Å². The molecule has 2 aromatic rings. The van der Waals surface area contributed by atoms with Crippen LogP contribution >= 0.6 is 0 Å². The van der Waals surface area contributed by atoms with Gasteiger partial charge in [-0.2, -0.15) is 0 Å². The predicted molar refractivity (Wildman–Crippen MR) is 103 cm³/mol. The highest BCUT2D eigenvalue weighted by Gasteiger charge is 2.13. The molecule has 3 rings (SSSR count). The van der Waals surface area contributed by atoms with Crippen molar-refractivity contribution in [2.24, 2.45) is 0 Å². The van der Waals surface area contributed by atoms with Crippen LogP contribution in [-0.4, -0.2) is 50.2 Å². The largest absolute Gasteiger partial charge is 0.465 e. The van der Waals surface area contributed by atoms with Crippen molar-refractivity contribution in [1.82, 2.24) is 4.90 Å². The molecule has 1 fully saturated rings. The molecule has 1 amide bonds. The summed E-state index contributed by atoms with van der Waals surface area (Å²) in [6.07, 6.45) is 0. The Kier molecular flexibility index (Phi) is 6.21. The maximum absolute atomic E-state index is 12.6. The number of rotatable bonds is 5. The van der Waals surface area contributed by atoms with Gasteiger partial charge in [-0.15, -0.1) is 0 Å². The van der Waals surface area contributed by atoms with Crippen LogP contribution in [0.5, 0.6) is 0 Å². The number of benzene rings is 2. The highest BCUT2D eigenvalue weighted by atomic mass is 16.5. The molecule has 0 aromatic heterocycles. The molecule has 0 aliphatic carbocycles. The van der Waals surface area contributed by atoms with E-state index >= 15 is 0 Å². The van der Waals surface area contributed by atoms with E-state index in [9.17, 15) is 9.59 Å². The lowest BCUT2D eigenvalue weighted by atomic mass is 10.1. The fourth-order valence-electron chi connectivity index (χ4n) is 2.97. The molecule has 0 saturated carbocycles. The van der Waals surface area contributed by atoms with Crippen molar-refractivity contribution < 1.29 is 19.1 Å². The van der Waals surface area contributed by atoms with Gasteiger partial charge in [-0.3, -0.25) is 9.69 Å². The summed E-state index contributed by atoms with van der Waals surface area (Å²) in [5, 5.41) is 2.87. The number of aryl methyl sites for hydroxylation is 1. The zero-order valence-electron chi connectivity index (χ0n) is 15.7. The molecule has 6 nitrogen and oxygen atoms in total. The number of hydrogen-bond donors (Lipinski definition) is 1. The highest BCUT2D eigenvalue weighted by Crippen LogP contribution is 2.19. The number of methoxy groups -OCH3 is 1. The van der Waals surface area contributed by atoms with Crippen molar-refractivity contribution >= 4 is 17.6 Å². The summed E-state index contributed by atoms with van der Waals surface area (Å²) in [5.74, 6) is -0.643. The number of carbonyl (C=O) groups excluding carboxylic acids is 2. The summed E-state index contributed by atoms with van der Waals surface area (Å²) in [7, 11) is 1.33. The van der Waals surface area contributed by atoms with Crippen LogP contribution in [0.1, 0.15) is 31.8 Å². The van der Waals surface area contributed by atoms with E-state index < -0.39 is 5.97 Å². The van der Waals surface area contributed by atoms with Gasteiger partial charge in [0.1, 0.15) is 0 Å². The number of ether oxygens (including phenoxy) is 2. The molecule has 0 unspecified atom stereocenters. The Morgan fingerprint density at radius 3 is 2.41 bits per heavy atom. The monoisotopic (exact) mass is 368 g/mol. The number of hydrogen-bond acceptors (Lipinski definition) is 5. The summed E-state index contributed by atoms with van der Waals surface area (Å²) in [6.45, 7) is 6.12. The number of anilines is 1. The van der Waals surface area contributed by atoms with Gasteiger partial charge in [0.25, 0.3) is 5.91 Å². The molecule has 6 heteroatoms. The van der Waals surface area contributed by atoms with Crippen LogP contribution in [-0.2, 0) is 16.0 Å². The van der Waals surface area contributed by atoms with Crippen LogP contribution in [0.15, 0.2) is 42.5 Å².